The molecule has 0 saturated heterocycles. The van der Waals surface area contributed by atoms with Crippen molar-refractivity contribution in [3.8, 4) is 0 Å². The van der Waals surface area contributed by atoms with Crippen LogP contribution in [0.25, 0.3) is 0 Å². The Kier molecular flexibility index (Phi) is 8.56. The van der Waals surface area contributed by atoms with Crippen molar-refractivity contribution in [3.63, 3.8) is 0 Å². The van der Waals surface area contributed by atoms with Crippen LogP contribution in [0.3, 0.4) is 0 Å². The molecule has 1 aliphatic heterocycles. The number of aliphatic hydroxyl groups is 1. The molecule has 0 radical (unpaired) electrons. The minimum atomic E-state index is -0.419. The highest BCUT2D eigenvalue weighted by Crippen LogP contribution is 2.43. The first kappa shape index (κ1) is 21.8. The predicted octanol–water partition coefficient (Wildman–Crippen LogP) is 3.82. The molecule has 5 nitrogen and oxygen atoms in total. The zero-order chi connectivity index (χ0) is 20.5. The monoisotopic (exact) mass is 401 g/mol. The van der Waals surface area contributed by atoms with Gasteiger partial charge in [0.25, 0.3) is 5.91 Å². The molecule has 1 heterocycles. The summed E-state index contributed by atoms with van der Waals surface area (Å²) < 4.78 is 11.9. The minimum absolute atomic E-state index is 0.158. The second-order valence-electron chi connectivity index (χ2n) is 8.12. The average molecular weight is 402 g/mol. The molecule has 0 unspecified atom stereocenters. The summed E-state index contributed by atoms with van der Waals surface area (Å²) in [6, 6.07) is 10.1. The molecule has 1 aromatic rings. The SMILES string of the molecule is CCO[C@H]1OC(C(=O)NCCc2ccccc2)=C[C@@H](C2CCCC2)[C@@H]1CCCO. The van der Waals surface area contributed by atoms with Crippen LogP contribution in [-0.2, 0) is 20.7 Å². The first-order valence-corrected chi connectivity index (χ1v) is 11.2. The third-order valence-electron chi connectivity index (χ3n) is 6.17. The van der Waals surface area contributed by atoms with Crippen LogP contribution in [0.15, 0.2) is 42.2 Å². The minimum Gasteiger partial charge on any atom is -0.459 e. The van der Waals surface area contributed by atoms with Gasteiger partial charge in [0.15, 0.2) is 5.76 Å². The summed E-state index contributed by atoms with van der Waals surface area (Å²) in [7, 11) is 0. The number of aliphatic hydroxyl groups excluding tert-OH is 1. The zero-order valence-electron chi connectivity index (χ0n) is 17.5. The molecule has 160 valence electrons. The molecule has 3 atom stereocenters. The van der Waals surface area contributed by atoms with Crippen LogP contribution >= 0.6 is 0 Å². The molecule has 2 aliphatic rings. The molecule has 1 saturated carbocycles. The van der Waals surface area contributed by atoms with E-state index in [1.165, 1.54) is 31.2 Å². The van der Waals surface area contributed by atoms with Gasteiger partial charge in [-0.1, -0.05) is 43.2 Å². The van der Waals surface area contributed by atoms with Crippen LogP contribution in [-0.4, -0.2) is 37.1 Å². The Morgan fingerprint density at radius 2 is 2.00 bits per heavy atom. The molecule has 1 fully saturated rings. The normalized spacial score (nSPS) is 24.8. The number of ether oxygens (including phenoxy) is 2. The van der Waals surface area contributed by atoms with Crippen molar-refractivity contribution in [3.05, 3.63) is 47.7 Å². The Morgan fingerprint density at radius 3 is 2.69 bits per heavy atom. The van der Waals surface area contributed by atoms with Crippen molar-refractivity contribution in [2.24, 2.45) is 17.8 Å². The zero-order valence-corrected chi connectivity index (χ0v) is 17.5. The Balaban J connectivity index is 1.68. The summed E-state index contributed by atoms with van der Waals surface area (Å²) in [5, 5.41) is 12.3. The van der Waals surface area contributed by atoms with Gasteiger partial charge >= 0.3 is 0 Å². The second-order valence-corrected chi connectivity index (χ2v) is 8.12. The second kappa shape index (κ2) is 11.4. The maximum atomic E-state index is 12.8. The molecule has 5 heteroatoms. The van der Waals surface area contributed by atoms with Crippen molar-refractivity contribution in [1.82, 2.24) is 5.32 Å². The van der Waals surface area contributed by atoms with E-state index in [9.17, 15) is 9.90 Å². The summed E-state index contributed by atoms with van der Waals surface area (Å²) >= 11 is 0. The van der Waals surface area contributed by atoms with Gasteiger partial charge in [0.2, 0.25) is 6.29 Å². The van der Waals surface area contributed by atoms with E-state index in [1.54, 1.807) is 0 Å². The quantitative estimate of drug-likeness (QED) is 0.625. The number of carbonyl (C=O) groups is 1. The topological polar surface area (TPSA) is 67.8 Å². The van der Waals surface area contributed by atoms with Gasteiger partial charge in [-0.2, -0.15) is 0 Å². The fourth-order valence-electron chi connectivity index (χ4n) is 4.72. The van der Waals surface area contributed by atoms with Gasteiger partial charge in [-0.3, -0.25) is 4.79 Å². The molecule has 0 spiro atoms. The fraction of sp³-hybridized carbons (Fsp3) is 0.625. The summed E-state index contributed by atoms with van der Waals surface area (Å²) in [5.74, 6) is 1.26. The summed E-state index contributed by atoms with van der Waals surface area (Å²) in [6.45, 7) is 3.24. The van der Waals surface area contributed by atoms with Gasteiger partial charge in [-0.25, -0.2) is 0 Å². The van der Waals surface area contributed by atoms with E-state index in [1.807, 2.05) is 31.2 Å². The molecular formula is C24H35NO4. The van der Waals surface area contributed by atoms with Crippen molar-refractivity contribution in [2.45, 2.75) is 58.2 Å². The highest BCUT2D eigenvalue weighted by atomic mass is 16.7. The van der Waals surface area contributed by atoms with Gasteiger partial charge in [-0.05, 0) is 62.5 Å². The maximum absolute atomic E-state index is 12.8. The number of rotatable bonds is 10. The lowest BCUT2D eigenvalue weighted by Crippen LogP contribution is -2.41. The lowest BCUT2D eigenvalue weighted by atomic mass is 9.76. The molecule has 0 bridgehead atoms. The van der Waals surface area contributed by atoms with Crippen LogP contribution in [0.5, 0.6) is 0 Å². The van der Waals surface area contributed by atoms with Crippen LogP contribution in [0.4, 0.5) is 0 Å². The van der Waals surface area contributed by atoms with Crippen LogP contribution < -0.4 is 5.32 Å². The van der Waals surface area contributed by atoms with E-state index >= 15 is 0 Å². The lowest BCUT2D eigenvalue weighted by Gasteiger charge is -2.39. The number of hydrogen-bond acceptors (Lipinski definition) is 4. The Bertz CT molecular complexity index is 654. The summed E-state index contributed by atoms with van der Waals surface area (Å²) in [4.78, 5) is 12.8. The number of allylic oxidation sites excluding steroid dienone is 1. The standard InChI is InChI=1S/C24H35NO4/c1-2-28-24-20(13-8-16-26)21(19-11-6-7-12-19)17-22(29-24)23(27)25-15-14-18-9-4-3-5-10-18/h3-5,9-10,17,19-21,24,26H,2,6-8,11-16H2,1H3,(H,25,27)/t20-,21-,24-/m0/s1. The molecular weight excluding hydrogens is 366 g/mol. The van der Waals surface area contributed by atoms with Crippen molar-refractivity contribution in [1.29, 1.82) is 0 Å². The fourth-order valence-corrected chi connectivity index (χ4v) is 4.72. The van der Waals surface area contributed by atoms with Crippen molar-refractivity contribution in [2.75, 3.05) is 19.8 Å². The highest BCUT2D eigenvalue weighted by molar-refractivity contribution is 5.91. The van der Waals surface area contributed by atoms with E-state index in [0.717, 1.165) is 19.3 Å². The van der Waals surface area contributed by atoms with Crippen LogP contribution in [0, 0.1) is 17.8 Å². The van der Waals surface area contributed by atoms with E-state index < -0.39 is 6.29 Å². The van der Waals surface area contributed by atoms with Crippen molar-refractivity contribution >= 4 is 5.91 Å². The number of hydrogen-bond donors (Lipinski definition) is 2. The number of amides is 1. The molecule has 1 aromatic carbocycles. The highest BCUT2D eigenvalue weighted by Gasteiger charge is 2.41. The third kappa shape index (κ3) is 6.06. The lowest BCUT2D eigenvalue weighted by molar-refractivity contribution is -0.176. The van der Waals surface area contributed by atoms with Gasteiger partial charge in [0.1, 0.15) is 0 Å². The molecule has 1 aliphatic carbocycles. The van der Waals surface area contributed by atoms with E-state index in [0.29, 0.717) is 24.8 Å². The van der Waals surface area contributed by atoms with E-state index in [2.05, 4.69) is 17.4 Å². The predicted molar refractivity (Wildman–Crippen MR) is 113 cm³/mol. The van der Waals surface area contributed by atoms with E-state index in [4.69, 9.17) is 9.47 Å². The van der Waals surface area contributed by atoms with E-state index in [-0.39, 0.29) is 24.3 Å². The molecule has 1 amide bonds. The van der Waals surface area contributed by atoms with Crippen LogP contribution in [0.2, 0.25) is 0 Å². The first-order chi connectivity index (χ1) is 14.2. The third-order valence-corrected chi connectivity index (χ3v) is 6.17. The Hall–Kier alpha value is -1.85. The van der Waals surface area contributed by atoms with Gasteiger partial charge in [-0.15, -0.1) is 0 Å². The molecule has 0 aromatic heterocycles. The van der Waals surface area contributed by atoms with Crippen molar-refractivity contribution < 1.29 is 19.4 Å². The van der Waals surface area contributed by atoms with Gasteiger partial charge < -0.3 is 19.9 Å². The number of carbonyl (C=O) groups excluding carboxylic acids is 1. The summed E-state index contributed by atoms with van der Waals surface area (Å²) in [6.07, 6.45) is 8.88. The Morgan fingerprint density at radius 1 is 1.24 bits per heavy atom. The van der Waals surface area contributed by atoms with Crippen LogP contribution in [0.1, 0.15) is 51.0 Å². The summed E-state index contributed by atoms with van der Waals surface area (Å²) in [5.41, 5.74) is 1.20. The largest absolute Gasteiger partial charge is 0.459 e. The molecule has 3 rings (SSSR count). The maximum Gasteiger partial charge on any atom is 0.286 e. The first-order valence-electron chi connectivity index (χ1n) is 11.2. The Labute approximate surface area is 174 Å². The number of nitrogens with one attached hydrogen (secondary N) is 1. The molecule has 2 N–H and O–H groups in total. The number of benzene rings is 1. The smallest absolute Gasteiger partial charge is 0.286 e. The van der Waals surface area contributed by atoms with Gasteiger partial charge in [0, 0.05) is 25.7 Å². The molecule has 29 heavy (non-hydrogen) atoms. The van der Waals surface area contributed by atoms with Gasteiger partial charge in [0.05, 0.1) is 0 Å². The average Bonchev–Trinajstić information content (AvgIpc) is 3.28.